The molecule has 1 rings (SSSR count). The molecule has 25 heavy (non-hydrogen) atoms. The molecule has 0 aromatic heterocycles. The minimum absolute atomic E-state index is 0.202. The van der Waals surface area contributed by atoms with Gasteiger partial charge in [-0.1, -0.05) is 59.3 Å². The summed E-state index contributed by atoms with van der Waals surface area (Å²) in [6, 6.07) is 0. The number of hydrogen-bond donors (Lipinski definition) is 3. The van der Waals surface area contributed by atoms with Crippen LogP contribution in [0.25, 0.3) is 0 Å². The number of carboxylic acid groups (broad SMARTS) is 1. The van der Waals surface area contributed by atoms with Crippen molar-refractivity contribution in [1.82, 2.24) is 0 Å². The van der Waals surface area contributed by atoms with E-state index in [-0.39, 0.29) is 17.1 Å². The highest BCUT2D eigenvalue weighted by molar-refractivity contribution is 5.96. The maximum Gasteiger partial charge on any atom is 0.343 e. The molecule has 0 aliphatic heterocycles. The number of carboxylic acids is 1. The summed E-state index contributed by atoms with van der Waals surface area (Å²) in [7, 11) is 0. The Labute approximate surface area is 150 Å². The summed E-state index contributed by atoms with van der Waals surface area (Å²) in [6.07, 6.45) is 9.03. The predicted molar refractivity (Wildman–Crippen MR) is 99.0 cm³/mol. The lowest BCUT2D eigenvalue weighted by atomic mass is 9.96. The topological polar surface area (TPSA) is 87.0 Å². The number of phenolic OH excluding ortho intramolecular Hbond substituents is 1. The number of phenols is 2. The second-order valence-corrected chi connectivity index (χ2v) is 6.34. The minimum Gasteiger partial charge on any atom is -0.504 e. The second kappa shape index (κ2) is 10.9. The number of carbonyl (C=O) groups is 1. The van der Waals surface area contributed by atoms with Crippen LogP contribution in [0, 0.1) is 0 Å². The molecule has 0 radical (unpaired) electrons. The van der Waals surface area contributed by atoms with E-state index in [0.717, 1.165) is 19.3 Å². The van der Waals surface area contributed by atoms with Crippen LogP contribution < -0.4 is 4.74 Å². The van der Waals surface area contributed by atoms with Crippen LogP contribution in [0.3, 0.4) is 0 Å². The summed E-state index contributed by atoms with van der Waals surface area (Å²) in [5.41, 5.74) is 0.882. The van der Waals surface area contributed by atoms with Crippen molar-refractivity contribution in [3.05, 3.63) is 16.7 Å². The molecule has 3 N–H and O–H groups in total. The zero-order chi connectivity index (χ0) is 18.8. The molecule has 0 aliphatic carbocycles. The molecule has 0 aliphatic rings. The van der Waals surface area contributed by atoms with Gasteiger partial charge in [0.05, 0.1) is 6.61 Å². The fourth-order valence-electron chi connectivity index (χ4n) is 3.15. The van der Waals surface area contributed by atoms with Gasteiger partial charge in [0.1, 0.15) is 11.3 Å². The number of aromatic hydroxyl groups is 2. The van der Waals surface area contributed by atoms with Gasteiger partial charge >= 0.3 is 5.97 Å². The van der Waals surface area contributed by atoms with Gasteiger partial charge in [-0.25, -0.2) is 4.79 Å². The average Bonchev–Trinajstić information content (AvgIpc) is 2.59. The summed E-state index contributed by atoms with van der Waals surface area (Å²) in [4.78, 5) is 11.5. The van der Waals surface area contributed by atoms with E-state index in [1.54, 1.807) is 0 Å². The summed E-state index contributed by atoms with van der Waals surface area (Å²) in [5.74, 6) is -2.04. The highest BCUT2D eigenvalue weighted by Crippen LogP contribution is 2.43. The molecule has 142 valence electrons. The largest absolute Gasteiger partial charge is 0.504 e. The third kappa shape index (κ3) is 5.55. The Bertz CT molecular complexity index is 566. The molecule has 0 fully saturated rings. The SMILES string of the molecule is CCCCCCCCCOc1c(CC)c(CC)c(O)c(O)c1C(=O)O. The van der Waals surface area contributed by atoms with Gasteiger partial charge in [-0.2, -0.15) is 0 Å². The first-order chi connectivity index (χ1) is 12.0. The Morgan fingerprint density at radius 3 is 1.92 bits per heavy atom. The molecule has 0 spiro atoms. The van der Waals surface area contributed by atoms with Gasteiger partial charge in [0.15, 0.2) is 11.5 Å². The van der Waals surface area contributed by atoms with E-state index >= 15 is 0 Å². The van der Waals surface area contributed by atoms with Crippen molar-refractivity contribution < 1.29 is 24.9 Å². The lowest BCUT2D eigenvalue weighted by Crippen LogP contribution is -2.10. The van der Waals surface area contributed by atoms with E-state index in [4.69, 9.17) is 4.74 Å². The van der Waals surface area contributed by atoms with E-state index < -0.39 is 11.7 Å². The van der Waals surface area contributed by atoms with Gasteiger partial charge in [-0.3, -0.25) is 0 Å². The number of benzene rings is 1. The van der Waals surface area contributed by atoms with Crippen molar-refractivity contribution in [1.29, 1.82) is 0 Å². The summed E-state index contributed by atoms with van der Waals surface area (Å²) >= 11 is 0. The molecule has 1 aromatic rings. The molecular weight excluding hydrogens is 320 g/mol. The highest BCUT2D eigenvalue weighted by atomic mass is 16.5. The molecule has 0 heterocycles. The van der Waals surface area contributed by atoms with E-state index in [1.807, 2.05) is 13.8 Å². The minimum atomic E-state index is -1.29. The van der Waals surface area contributed by atoms with Gasteiger partial charge in [-0.15, -0.1) is 0 Å². The molecular formula is C20H32O5. The second-order valence-electron chi connectivity index (χ2n) is 6.34. The smallest absolute Gasteiger partial charge is 0.343 e. The summed E-state index contributed by atoms with van der Waals surface area (Å²) in [6.45, 7) is 6.34. The lowest BCUT2D eigenvalue weighted by molar-refractivity contribution is 0.0687. The molecule has 5 heteroatoms. The van der Waals surface area contributed by atoms with Crippen molar-refractivity contribution in [3.8, 4) is 17.2 Å². The van der Waals surface area contributed by atoms with Crippen LogP contribution in [-0.2, 0) is 12.8 Å². The van der Waals surface area contributed by atoms with Gasteiger partial charge in [0.25, 0.3) is 0 Å². The zero-order valence-corrected chi connectivity index (χ0v) is 15.7. The Hall–Kier alpha value is -1.91. The van der Waals surface area contributed by atoms with Crippen LogP contribution in [0.2, 0.25) is 0 Å². The van der Waals surface area contributed by atoms with E-state index in [0.29, 0.717) is 30.6 Å². The molecule has 1 aromatic carbocycles. The fraction of sp³-hybridized carbons (Fsp3) is 0.650. The first kappa shape index (κ1) is 21.1. The Balaban J connectivity index is 2.83. The average molecular weight is 352 g/mol. The van der Waals surface area contributed by atoms with Gasteiger partial charge < -0.3 is 20.1 Å². The van der Waals surface area contributed by atoms with Crippen LogP contribution in [0.15, 0.2) is 0 Å². The molecule has 5 nitrogen and oxygen atoms in total. The summed E-state index contributed by atoms with van der Waals surface area (Å²) in [5, 5.41) is 29.6. The van der Waals surface area contributed by atoms with Crippen molar-refractivity contribution in [2.24, 2.45) is 0 Å². The van der Waals surface area contributed by atoms with E-state index in [9.17, 15) is 20.1 Å². The summed E-state index contributed by atoms with van der Waals surface area (Å²) < 4.78 is 5.77. The number of hydrogen-bond acceptors (Lipinski definition) is 4. The van der Waals surface area contributed by atoms with Crippen LogP contribution in [0.5, 0.6) is 17.2 Å². The molecule has 0 atom stereocenters. The molecule has 0 unspecified atom stereocenters. The highest BCUT2D eigenvalue weighted by Gasteiger charge is 2.27. The standard InChI is InChI=1S/C20H32O5/c1-4-7-8-9-10-11-12-13-25-19-15(6-3)14(5-2)17(21)18(22)16(19)20(23)24/h21-22H,4-13H2,1-3H3,(H,23,24). The van der Waals surface area contributed by atoms with Gasteiger partial charge in [0, 0.05) is 11.1 Å². The quantitative estimate of drug-likeness (QED) is 0.362. The van der Waals surface area contributed by atoms with Gasteiger partial charge in [0.2, 0.25) is 0 Å². The van der Waals surface area contributed by atoms with Crippen molar-refractivity contribution in [2.45, 2.75) is 78.6 Å². The normalized spacial score (nSPS) is 10.8. The van der Waals surface area contributed by atoms with Crippen LogP contribution in [0.1, 0.15) is 87.2 Å². The fourth-order valence-corrected chi connectivity index (χ4v) is 3.15. The molecule has 0 saturated heterocycles. The third-order valence-corrected chi connectivity index (χ3v) is 4.53. The third-order valence-electron chi connectivity index (χ3n) is 4.53. The first-order valence-corrected chi connectivity index (χ1v) is 9.45. The maximum atomic E-state index is 11.5. The Morgan fingerprint density at radius 2 is 1.40 bits per heavy atom. The van der Waals surface area contributed by atoms with Crippen molar-refractivity contribution in [3.63, 3.8) is 0 Å². The Kier molecular flexibility index (Phi) is 9.17. The Morgan fingerprint density at radius 1 is 0.840 bits per heavy atom. The number of aromatic carboxylic acids is 1. The number of rotatable bonds is 12. The first-order valence-electron chi connectivity index (χ1n) is 9.45. The van der Waals surface area contributed by atoms with Crippen LogP contribution >= 0.6 is 0 Å². The monoisotopic (exact) mass is 352 g/mol. The predicted octanol–water partition coefficient (Wildman–Crippen LogP) is 5.05. The molecule has 0 bridgehead atoms. The van der Waals surface area contributed by atoms with E-state index in [2.05, 4.69) is 6.92 Å². The number of unbranched alkanes of at least 4 members (excludes halogenated alkanes) is 6. The van der Waals surface area contributed by atoms with Gasteiger partial charge in [-0.05, 0) is 19.3 Å². The van der Waals surface area contributed by atoms with Crippen LogP contribution in [-0.4, -0.2) is 27.9 Å². The van der Waals surface area contributed by atoms with Crippen molar-refractivity contribution in [2.75, 3.05) is 6.61 Å². The zero-order valence-electron chi connectivity index (χ0n) is 15.7. The van der Waals surface area contributed by atoms with Crippen LogP contribution in [0.4, 0.5) is 0 Å². The number of ether oxygens (including phenoxy) is 1. The molecule has 0 saturated carbocycles. The lowest BCUT2D eigenvalue weighted by Gasteiger charge is -2.19. The maximum absolute atomic E-state index is 11.5. The molecule has 0 amide bonds. The van der Waals surface area contributed by atoms with Crippen molar-refractivity contribution >= 4 is 5.97 Å². The van der Waals surface area contributed by atoms with E-state index in [1.165, 1.54) is 25.7 Å².